The van der Waals surface area contributed by atoms with Crippen LogP contribution < -0.4 is 4.84 Å². The van der Waals surface area contributed by atoms with Crippen LogP contribution in [-0.2, 0) is 16.1 Å². The van der Waals surface area contributed by atoms with Crippen LogP contribution in [0.2, 0.25) is 0 Å². The molecule has 0 bridgehead atoms. The van der Waals surface area contributed by atoms with Gasteiger partial charge in [0.2, 0.25) is 0 Å². The van der Waals surface area contributed by atoms with Gasteiger partial charge in [-0.15, -0.1) is 5.10 Å². The molecule has 1 fully saturated rings. The predicted molar refractivity (Wildman–Crippen MR) is 102 cm³/mol. The minimum Gasteiger partial charge on any atom is -0.391 e. The highest BCUT2D eigenvalue weighted by Crippen LogP contribution is 2.34. The first-order valence-electron chi connectivity index (χ1n) is 8.06. The third-order valence-corrected chi connectivity index (χ3v) is 4.77. The van der Waals surface area contributed by atoms with Gasteiger partial charge in [0, 0.05) is 11.1 Å². The van der Waals surface area contributed by atoms with Crippen molar-refractivity contribution in [3.63, 3.8) is 0 Å². The third kappa shape index (κ3) is 3.56. The highest BCUT2D eigenvalue weighted by atomic mass is 127. The molecule has 0 N–H and O–H groups in total. The Morgan fingerprint density at radius 2 is 1.76 bits per heavy atom. The Labute approximate surface area is 159 Å². The highest BCUT2D eigenvalue weighted by Gasteiger charge is 2.24. The van der Waals surface area contributed by atoms with Gasteiger partial charge in [-0.1, -0.05) is 59.4 Å². The standard InChI is InChI=1S/C19H17IN2O3/c20-17-12-21-22(25-13-14-6-2-1-3-7-14)18(17)15-8-4-5-9-16(15)19-23-10-11-24-19/h1-9,12,19H,10-11,13H2. The van der Waals surface area contributed by atoms with Crippen molar-refractivity contribution in [1.82, 2.24) is 9.94 Å². The normalized spacial score (nSPS) is 14.8. The zero-order valence-corrected chi connectivity index (χ0v) is 15.6. The lowest BCUT2D eigenvalue weighted by molar-refractivity contribution is -0.0438. The molecule has 0 radical (unpaired) electrons. The Hall–Kier alpha value is -1.90. The molecule has 0 atom stereocenters. The van der Waals surface area contributed by atoms with Crippen molar-refractivity contribution in [1.29, 1.82) is 0 Å². The molecule has 1 aromatic heterocycles. The van der Waals surface area contributed by atoms with Crippen molar-refractivity contribution < 1.29 is 14.3 Å². The van der Waals surface area contributed by atoms with Gasteiger partial charge in [-0.25, -0.2) is 0 Å². The minimum absolute atomic E-state index is 0.343. The molecule has 2 heterocycles. The summed E-state index contributed by atoms with van der Waals surface area (Å²) in [5, 5.41) is 4.38. The number of rotatable bonds is 5. The van der Waals surface area contributed by atoms with Crippen molar-refractivity contribution in [3.8, 4) is 11.3 Å². The quantitative estimate of drug-likeness (QED) is 0.557. The molecule has 1 aliphatic heterocycles. The van der Waals surface area contributed by atoms with Crippen molar-refractivity contribution in [2.24, 2.45) is 0 Å². The van der Waals surface area contributed by atoms with E-state index in [2.05, 4.69) is 27.7 Å². The molecular weight excluding hydrogens is 431 g/mol. The van der Waals surface area contributed by atoms with E-state index in [0.29, 0.717) is 19.8 Å². The van der Waals surface area contributed by atoms with E-state index < -0.39 is 0 Å². The Bertz CT molecular complexity index is 845. The Morgan fingerprint density at radius 1 is 1.04 bits per heavy atom. The second kappa shape index (κ2) is 7.55. The molecule has 25 heavy (non-hydrogen) atoms. The summed E-state index contributed by atoms with van der Waals surface area (Å²) < 4.78 is 12.4. The smallest absolute Gasteiger partial charge is 0.184 e. The Balaban J connectivity index is 1.66. The minimum atomic E-state index is -0.343. The summed E-state index contributed by atoms with van der Waals surface area (Å²) in [4.78, 5) is 7.52. The second-order valence-corrected chi connectivity index (χ2v) is 6.80. The molecule has 5 nitrogen and oxygen atoms in total. The summed E-state index contributed by atoms with van der Waals surface area (Å²) in [5.74, 6) is 0. The maximum Gasteiger partial charge on any atom is 0.184 e. The molecule has 0 unspecified atom stereocenters. The second-order valence-electron chi connectivity index (χ2n) is 5.63. The van der Waals surface area contributed by atoms with E-state index in [1.54, 1.807) is 11.0 Å². The number of hydrogen-bond acceptors (Lipinski definition) is 4. The number of aromatic nitrogens is 2. The molecule has 1 aliphatic rings. The van der Waals surface area contributed by atoms with Crippen LogP contribution in [0, 0.1) is 3.57 Å². The van der Waals surface area contributed by atoms with Gasteiger partial charge in [0.15, 0.2) is 6.29 Å². The number of halogens is 1. The van der Waals surface area contributed by atoms with Gasteiger partial charge in [-0.3, -0.25) is 0 Å². The fourth-order valence-corrected chi connectivity index (χ4v) is 3.43. The molecule has 6 heteroatoms. The fraction of sp³-hybridized carbons (Fsp3) is 0.211. The third-order valence-electron chi connectivity index (χ3n) is 3.98. The average Bonchev–Trinajstić information content (AvgIpc) is 3.31. The first-order valence-corrected chi connectivity index (χ1v) is 9.14. The molecule has 3 aromatic rings. The molecule has 2 aromatic carbocycles. The lowest BCUT2D eigenvalue weighted by atomic mass is 10.0. The van der Waals surface area contributed by atoms with Gasteiger partial charge in [0.1, 0.15) is 12.3 Å². The van der Waals surface area contributed by atoms with Crippen LogP contribution in [-0.4, -0.2) is 23.2 Å². The van der Waals surface area contributed by atoms with E-state index in [0.717, 1.165) is 26.0 Å². The van der Waals surface area contributed by atoms with Gasteiger partial charge in [0.25, 0.3) is 0 Å². The van der Waals surface area contributed by atoms with Gasteiger partial charge in [0.05, 0.1) is 23.0 Å². The van der Waals surface area contributed by atoms with Crippen molar-refractivity contribution in [2.45, 2.75) is 12.9 Å². The molecule has 1 saturated heterocycles. The van der Waals surface area contributed by atoms with Gasteiger partial charge < -0.3 is 14.3 Å². The average molecular weight is 448 g/mol. The summed E-state index contributed by atoms with van der Waals surface area (Å²) in [6, 6.07) is 18.1. The van der Waals surface area contributed by atoms with Gasteiger partial charge in [-0.2, -0.15) is 0 Å². The Morgan fingerprint density at radius 3 is 2.56 bits per heavy atom. The number of hydrogen-bond donors (Lipinski definition) is 0. The van der Waals surface area contributed by atoms with Crippen molar-refractivity contribution >= 4 is 22.6 Å². The summed E-state index contributed by atoms with van der Waals surface area (Å²) in [7, 11) is 0. The van der Waals surface area contributed by atoms with Crippen LogP contribution in [0.25, 0.3) is 11.3 Å². The van der Waals surface area contributed by atoms with E-state index in [9.17, 15) is 0 Å². The predicted octanol–water partition coefficient (Wildman–Crippen LogP) is 3.83. The van der Waals surface area contributed by atoms with Crippen molar-refractivity contribution in [3.05, 3.63) is 75.5 Å². The van der Waals surface area contributed by atoms with E-state index in [1.807, 2.05) is 54.6 Å². The van der Waals surface area contributed by atoms with E-state index in [-0.39, 0.29) is 6.29 Å². The maximum absolute atomic E-state index is 5.94. The SMILES string of the molecule is Ic1cnn(OCc2ccccc2)c1-c1ccccc1C1OCCO1. The Kier molecular flexibility index (Phi) is 5.00. The summed E-state index contributed by atoms with van der Waals surface area (Å²) in [6.45, 7) is 1.67. The number of nitrogens with zero attached hydrogens (tertiary/aromatic N) is 2. The van der Waals surface area contributed by atoms with Crippen LogP contribution in [0.4, 0.5) is 0 Å². The maximum atomic E-state index is 5.94. The van der Waals surface area contributed by atoms with Crippen LogP contribution >= 0.6 is 22.6 Å². The highest BCUT2D eigenvalue weighted by molar-refractivity contribution is 14.1. The van der Waals surface area contributed by atoms with Gasteiger partial charge in [-0.05, 0) is 28.2 Å². The molecule has 0 aliphatic carbocycles. The molecular formula is C19H17IN2O3. The van der Waals surface area contributed by atoms with Crippen LogP contribution in [0.15, 0.2) is 60.8 Å². The first-order chi connectivity index (χ1) is 12.3. The summed E-state index contributed by atoms with van der Waals surface area (Å²) >= 11 is 2.27. The molecule has 0 saturated carbocycles. The number of benzene rings is 2. The zero-order valence-electron chi connectivity index (χ0n) is 13.5. The lowest BCUT2D eigenvalue weighted by Crippen LogP contribution is -2.15. The fourth-order valence-electron chi connectivity index (χ4n) is 2.81. The van der Waals surface area contributed by atoms with E-state index in [4.69, 9.17) is 14.3 Å². The van der Waals surface area contributed by atoms with E-state index >= 15 is 0 Å². The number of ether oxygens (including phenoxy) is 2. The van der Waals surface area contributed by atoms with Gasteiger partial charge >= 0.3 is 0 Å². The van der Waals surface area contributed by atoms with E-state index in [1.165, 1.54) is 0 Å². The molecule has 0 amide bonds. The monoisotopic (exact) mass is 448 g/mol. The van der Waals surface area contributed by atoms with Crippen LogP contribution in [0.1, 0.15) is 17.4 Å². The molecule has 4 rings (SSSR count). The first kappa shape index (κ1) is 16.6. The van der Waals surface area contributed by atoms with Crippen LogP contribution in [0.3, 0.4) is 0 Å². The molecule has 128 valence electrons. The molecule has 0 spiro atoms. The largest absolute Gasteiger partial charge is 0.391 e. The summed E-state index contributed by atoms with van der Waals surface area (Å²) in [6.07, 6.45) is 1.46. The summed E-state index contributed by atoms with van der Waals surface area (Å²) in [5.41, 5.74) is 3.99. The van der Waals surface area contributed by atoms with Crippen LogP contribution in [0.5, 0.6) is 0 Å². The zero-order chi connectivity index (χ0) is 17.1. The topological polar surface area (TPSA) is 45.5 Å². The van der Waals surface area contributed by atoms with Crippen molar-refractivity contribution in [2.75, 3.05) is 13.2 Å². The lowest BCUT2D eigenvalue weighted by Gasteiger charge is -2.16.